The highest BCUT2D eigenvalue weighted by Gasteiger charge is 2.23. The van der Waals surface area contributed by atoms with Crippen LogP contribution in [-0.2, 0) is 25.7 Å². The number of carboxylic acid groups (broad SMARTS) is 1. The van der Waals surface area contributed by atoms with Gasteiger partial charge in [-0.2, -0.15) is 0 Å². The largest absolute Gasteiger partial charge is 0.548 e. The van der Waals surface area contributed by atoms with Crippen molar-refractivity contribution in [3.63, 3.8) is 0 Å². The smallest absolute Gasteiger partial charge is 0.408 e. The fourth-order valence-corrected chi connectivity index (χ4v) is 1.65. The van der Waals surface area contributed by atoms with Crippen LogP contribution < -0.4 is 10.4 Å². The number of esters is 1. The molecule has 0 saturated heterocycles. The van der Waals surface area contributed by atoms with Gasteiger partial charge in [0.2, 0.25) is 0 Å². The summed E-state index contributed by atoms with van der Waals surface area (Å²) in [6.07, 6.45) is -1.49. The summed E-state index contributed by atoms with van der Waals surface area (Å²) in [4.78, 5) is 34.3. The number of alkyl carbamates (subject to hydrolysis) is 1. The molecule has 0 spiro atoms. The Labute approximate surface area is 134 Å². The van der Waals surface area contributed by atoms with E-state index in [0.717, 1.165) is 5.56 Å². The van der Waals surface area contributed by atoms with E-state index in [1.807, 2.05) is 6.07 Å². The maximum absolute atomic E-state index is 11.6. The zero-order valence-corrected chi connectivity index (χ0v) is 13.3. The second-order valence-corrected chi connectivity index (χ2v) is 5.87. The summed E-state index contributed by atoms with van der Waals surface area (Å²) in [5.74, 6) is -2.34. The van der Waals surface area contributed by atoms with E-state index in [0.29, 0.717) is 0 Å². The molecule has 0 heterocycles. The van der Waals surface area contributed by atoms with Crippen molar-refractivity contribution in [1.29, 1.82) is 0 Å². The molecule has 0 fully saturated rings. The molecule has 0 unspecified atom stereocenters. The molecule has 126 valence electrons. The fourth-order valence-electron chi connectivity index (χ4n) is 1.65. The summed E-state index contributed by atoms with van der Waals surface area (Å²) in [5.41, 5.74) is 0.00118. The predicted molar refractivity (Wildman–Crippen MR) is 79.0 cm³/mol. The van der Waals surface area contributed by atoms with Crippen LogP contribution in [0.15, 0.2) is 30.3 Å². The normalized spacial score (nSPS) is 12.1. The lowest BCUT2D eigenvalue weighted by molar-refractivity contribution is -0.308. The Morgan fingerprint density at radius 2 is 1.78 bits per heavy atom. The van der Waals surface area contributed by atoms with Gasteiger partial charge in [-0.1, -0.05) is 30.3 Å². The molecule has 0 aliphatic rings. The van der Waals surface area contributed by atoms with Crippen molar-refractivity contribution in [2.75, 3.05) is 0 Å². The lowest BCUT2D eigenvalue weighted by Crippen LogP contribution is -2.49. The van der Waals surface area contributed by atoms with Crippen LogP contribution in [0.2, 0.25) is 0 Å². The fraction of sp³-hybridized carbons (Fsp3) is 0.438. The molecule has 0 aromatic heterocycles. The molecule has 0 aliphatic heterocycles. The maximum atomic E-state index is 11.6. The Balaban J connectivity index is 2.50. The molecule has 1 aromatic carbocycles. The van der Waals surface area contributed by atoms with Crippen molar-refractivity contribution in [3.05, 3.63) is 35.9 Å². The highest BCUT2D eigenvalue weighted by atomic mass is 16.6. The van der Waals surface area contributed by atoms with Crippen molar-refractivity contribution < 1.29 is 29.0 Å². The van der Waals surface area contributed by atoms with Crippen molar-refractivity contribution in [2.24, 2.45) is 0 Å². The number of hydrogen-bond acceptors (Lipinski definition) is 6. The van der Waals surface area contributed by atoms with Crippen LogP contribution in [0.1, 0.15) is 32.8 Å². The van der Waals surface area contributed by atoms with Crippen LogP contribution in [0.25, 0.3) is 0 Å². The molecule has 0 aliphatic carbocycles. The number of carboxylic acids is 1. The Morgan fingerprint density at radius 3 is 2.30 bits per heavy atom. The minimum absolute atomic E-state index is 0.0150. The number of hydrogen-bond donors (Lipinski definition) is 1. The first-order valence-corrected chi connectivity index (χ1v) is 7.07. The van der Waals surface area contributed by atoms with Crippen molar-refractivity contribution in [2.45, 2.75) is 45.4 Å². The first-order valence-electron chi connectivity index (χ1n) is 7.07. The number of carbonyl (C=O) groups excluding carboxylic acids is 3. The molecule has 0 saturated carbocycles. The van der Waals surface area contributed by atoms with Gasteiger partial charge in [-0.05, 0) is 26.3 Å². The number of benzene rings is 1. The lowest BCUT2D eigenvalue weighted by atomic mass is 10.1. The van der Waals surface area contributed by atoms with Gasteiger partial charge < -0.3 is 24.7 Å². The highest BCUT2D eigenvalue weighted by molar-refractivity contribution is 5.84. The number of amides is 1. The van der Waals surface area contributed by atoms with Gasteiger partial charge in [0.1, 0.15) is 12.2 Å². The number of nitrogens with one attached hydrogen (secondary N) is 1. The molecule has 1 aromatic rings. The van der Waals surface area contributed by atoms with E-state index >= 15 is 0 Å². The highest BCUT2D eigenvalue weighted by Crippen LogP contribution is 2.09. The van der Waals surface area contributed by atoms with Gasteiger partial charge >= 0.3 is 12.1 Å². The number of aliphatic carboxylic acids is 1. The molecule has 0 radical (unpaired) electrons. The van der Waals surface area contributed by atoms with Gasteiger partial charge in [0.05, 0.1) is 18.4 Å². The number of rotatable bonds is 6. The summed E-state index contributed by atoms with van der Waals surface area (Å²) in [6.45, 7) is 4.94. The van der Waals surface area contributed by atoms with Crippen LogP contribution in [-0.4, -0.2) is 29.7 Å². The summed E-state index contributed by atoms with van der Waals surface area (Å²) >= 11 is 0. The van der Waals surface area contributed by atoms with E-state index in [9.17, 15) is 19.5 Å². The third-order valence-electron chi connectivity index (χ3n) is 2.58. The van der Waals surface area contributed by atoms with E-state index in [4.69, 9.17) is 9.47 Å². The number of carbonyl (C=O) groups is 3. The zero-order chi connectivity index (χ0) is 17.5. The molecule has 1 rings (SSSR count). The molecule has 1 atom stereocenters. The Kier molecular flexibility index (Phi) is 6.56. The Hall–Kier alpha value is -2.57. The predicted octanol–water partition coefficient (Wildman–Crippen LogP) is 0.763. The monoisotopic (exact) mass is 322 g/mol. The van der Waals surface area contributed by atoms with Gasteiger partial charge in [0.25, 0.3) is 0 Å². The first kappa shape index (κ1) is 18.5. The van der Waals surface area contributed by atoms with E-state index in [1.54, 1.807) is 45.0 Å². The second kappa shape index (κ2) is 8.17. The second-order valence-electron chi connectivity index (χ2n) is 5.87. The molecular weight excluding hydrogens is 302 g/mol. The summed E-state index contributed by atoms with van der Waals surface area (Å²) in [6, 6.07) is 7.37. The van der Waals surface area contributed by atoms with Crippen LogP contribution in [0, 0.1) is 0 Å². The van der Waals surface area contributed by atoms with Gasteiger partial charge in [0, 0.05) is 0 Å². The quantitative estimate of drug-likeness (QED) is 0.775. The van der Waals surface area contributed by atoms with Crippen LogP contribution >= 0.6 is 0 Å². The van der Waals surface area contributed by atoms with Crippen LogP contribution in [0.4, 0.5) is 4.79 Å². The Bertz CT molecular complexity index is 549. The third-order valence-corrected chi connectivity index (χ3v) is 2.58. The molecule has 23 heavy (non-hydrogen) atoms. The van der Waals surface area contributed by atoms with Crippen LogP contribution in [0.5, 0.6) is 0 Å². The SMILES string of the molecule is CC(C)(C)OC(=O)C[C@@H](NC(=O)OCc1ccccc1)C(=O)[O-]. The first-order chi connectivity index (χ1) is 10.7. The van der Waals surface area contributed by atoms with Crippen molar-refractivity contribution in [3.8, 4) is 0 Å². The summed E-state index contributed by atoms with van der Waals surface area (Å²) in [5, 5.41) is 13.1. The average molecular weight is 322 g/mol. The average Bonchev–Trinajstić information content (AvgIpc) is 2.43. The van der Waals surface area contributed by atoms with Crippen LogP contribution in [0.3, 0.4) is 0 Å². The minimum Gasteiger partial charge on any atom is -0.548 e. The molecule has 1 amide bonds. The van der Waals surface area contributed by atoms with E-state index < -0.39 is 36.1 Å². The minimum atomic E-state index is -1.59. The standard InChI is InChI=1S/C16H21NO6/c1-16(2,3)23-13(18)9-12(14(19)20)17-15(21)22-10-11-7-5-4-6-8-11/h4-8,12H,9-10H2,1-3H3,(H,17,21)(H,19,20)/p-1/t12-/m1/s1. The molecule has 7 heteroatoms. The maximum Gasteiger partial charge on any atom is 0.408 e. The summed E-state index contributed by atoms with van der Waals surface area (Å²) in [7, 11) is 0. The molecule has 7 nitrogen and oxygen atoms in total. The molecule has 1 N–H and O–H groups in total. The van der Waals surface area contributed by atoms with Gasteiger partial charge in [-0.3, -0.25) is 4.79 Å². The molecule has 0 bridgehead atoms. The van der Waals surface area contributed by atoms with Crippen molar-refractivity contribution >= 4 is 18.0 Å². The third kappa shape index (κ3) is 7.85. The zero-order valence-electron chi connectivity index (χ0n) is 13.3. The summed E-state index contributed by atoms with van der Waals surface area (Å²) < 4.78 is 9.91. The van der Waals surface area contributed by atoms with E-state index in [-0.39, 0.29) is 6.61 Å². The molecular formula is C16H20NO6-. The topological polar surface area (TPSA) is 105 Å². The number of ether oxygens (including phenoxy) is 2. The van der Waals surface area contributed by atoms with Gasteiger partial charge in [-0.15, -0.1) is 0 Å². The Morgan fingerprint density at radius 1 is 1.17 bits per heavy atom. The van der Waals surface area contributed by atoms with E-state index in [1.165, 1.54) is 0 Å². The van der Waals surface area contributed by atoms with Gasteiger partial charge in [0.15, 0.2) is 0 Å². The lowest BCUT2D eigenvalue weighted by Gasteiger charge is -2.23. The van der Waals surface area contributed by atoms with Gasteiger partial charge in [-0.25, -0.2) is 4.79 Å². The van der Waals surface area contributed by atoms with Crippen molar-refractivity contribution in [1.82, 2.24) is 5.32 Å². The van der Waals surface area contributed by atoms with E-state index in [2.05, 4.69) is 5.32 Å².